The molecule has 0 spiro atoms. The minimum absolute atomic E-state index is 0.815. The van der Waals surface area contributed by atoms with E-state index in [0.29, 0.717) is 0 Å². The SMILES string of the molecule is CCNC(CCC1CCCCC1)C1CCCC(C)C1. The Morgan fingerprint density at radius 1 is 1.00 bits per heavy atom. The van der Waals surface area contributed by atoms with E-state index in [2.05, 4.69) is 19.2 Å². The van der Waals surface area contributed by atoms with Gasteiger partial charge in [0.05, 0.1) is 0 Å². The fourth-order valence-electron chi connectivity index (χ4n) is 4.50. The molecule has 0 aromatic carbocycles. The predicted molar refractivity (Wildman–Crippen MR) is 84.4 cm³/mol. The van der Waals surface area contributed by atoms with E-state index in [1.165, 1.54) is 70.6 Å². The lowest BCUT2D eigenvalue weighted by Crippen LogP contribution is -2.38. The Kier molecular flexibility index (Phi) is 6.70. The molecule has 0 saturated heterocycles. The van der Waals surface area contributed by atoms with E-state index in [9.17, 15) is 0 Å². The molecule has 0 heterocycles. The van der Waals surface area contributed by atoms with E-state index in [1.807, 2.05) is 0 Å². The molecule has 1 heteroatoms. The molecule has 0 bridgehead atoms. The summed E-state index contributed by atoms with van der Waals surface area (Å²) in [5.74, 6) is 2.98. The standard InChI is InChI=1S/C18H35N/c1-3-19-18(17-11-7-8-15(2)14-17)13-12-16-9-5-4-6-10-16/h15-19H,3-14H2,1-2H3. The van der Waals surface area contributed by atoms with Crippen LogP contribution in [0.15, 0.2) is 0 Å². The normalized spacial score (nSPS) is 31.3. The topological polar surface area (TPSA) is 12.0 Å². The van der Waals surface area contributed by atoms with Gasteiger partial charge in [0.25, 0.3) is 0 Å². The number of rotatable bonds is 6. The van der Waals surface area contributed by atoms with E-state index in [-0.39, 0.29) is 0 Å². The van der Waals surface area contributed by atoms with Crippen molar-refractivity contribution in [1.82, 2.24) is 5.32 Å². The summed E-state index contributed by atoms with van der Waals surface area (Å²) < 4.78 is 0. The highest BCUT2D eigenvalue weighted by molar-refractivity contribution is 4.82. The van der Waals surface area contributed by atoms with Gasteiger partial charge >= 0.3 is 0 Å². The first-order chi connectivity index (χ1) is 9.29. The molecule has 2 fully saturated rings. The number of nitrogens with one attached hydrogen (secondary N) is 1. The van der Waals surface area contributed by atoms with E-state index < -0.39 is 0 Å². The Labute approximate surface area is 120 Å². The quantitative estimate of drug-likeness (QED) is 0.700. The van der Waals surface area contributed by atoms with Crippen molar-refractivity contribution in [2.24, 2.45) is 17.8 Å². The molecule has 19 heavy (non-hydrogen) atoms. The molecule has 1 nitrogen and oxygen atoms in total. The maximum Gasteiger partial charge on any atom is 0.00954 e. The number of hydrogen-bond donors (Lipinski definition) is 1. The van der Waals surface area contributed by atoms with E-state index in [4.69, 9.17) is 0 Å². The maximum atomic E-state index is 3.81. The zero-order chi connectivity index (χ0) is 13.5. The highest BCUT2D eigenvalue weighted by Crippen LogP contribution is 2.34. The fourth-order valence-corrected chi connectivity index (χ4v) is 4.50. The summed E-state index contributed by atoms with van der Waals surface area (Å²) in [5.41, 5.74) is 0. The van der Waals surface area contributed by atoms with Gasteiger partial charge in [-0.3, -0.25) is 0 Å². The molecule has 2 aliphatic carbocycles. The third-order valence-electron chi connectivity index (χ3n) is 5.62. The molecule has 0 aromatic rings. The zero-order valence-electron chi connectivity index (χ0n) is 13.3. The minimum Gasteiger partial charge on any atom is -0.314 e. The molecule has 2 saturated carbocycles. The van der Waals surface area contributed by atoms with Crippen LogP contribution in [-0.4, -0.2) is 12.6 Å². The maximum absolute atomic E-state index is 3.81. The average Bonchev–Trinajstić information content (AvgIpc) is 2.44. The number of hydrogen-bond acceptors (Lipinski definition) is 1. The van der Waals surface area contributed by atoms with Crippen LogP contribution in [-0.2, 0) is 0 Å². The monoisotopic (exact) mass is 265 g/mol. The van der Waals surface area contributed by atoms with Crippen LogP contribution in [0, 0.1) is 17.8 Å². The van der Waals surface area contributed by atoms with Crippen LogP contribution >= 0.6 is 0 Å². The van der Waals surface area contributed by atoms with Crippen molar-refractivity contribution >= 4 is 0 Å². The third-order valence-corrected chi connectivity index (χ3v) is 5.62. The van der Waals surface area contributed by atoms with E-state index in [1.54, 1.807) is 0 Å². The van der Waals surface area contributed by atoms with Crippen LogP contribution in [0.1, 0.15) is 84.5 Å². The fraction of sp³-hybridized carbons (Fsp3) is 1.00. The van der Waals surface area contributed by atoms with E-state index in [0.717, 1.165) is 30.3 Å². The van der Waals surface area contributed by atoms with Crippen molar-refractivity contribution in [3.63, 3.8) is 0 Å². The second-order valence-corrected chi connectivity index (χ2v) is 7.28. The van der Waals surface area contributed by atoms with Gasteiger partial charge < -0.3 is 5.32 Å². The van der Waals surface area contributed by atoms with Gasteiger partial charge in [0.2, 0.25) is 0 Å². The summed E-state index contributed by atoms with van der Waals surface area (Å²) in [6.45, 7) is 5.89. The van der Waals surface area contributed by atoms with Crippen LogP contribution in [0.4, 0.5) is 0 Å². The summed E-state index contributed by atoms with van der Waals surface area (Å²) in [5, 5.41) is 3.81. The Morgan fingerprint density at radius 3 is 2.47 bits per heavy atom. The van der Waals surface area contributed by atoms with Gasteiger partial charge in [0, 0.05) is 6.04 Å². The van der Waals surface area contributed by atoms with Crippen LogP contribution in [0.2, 0.25) is 0 Å². The molecular formula is C18H35N. The lowest BCUT2D eigenvalue weighted by Gasteiger charge is -2.35. The van der Waals surface area contributed by atoms with Crippen LogP contribution in [0.25, 0.3) is 0 Å². The highest BCUT2D eigenvalue weighted by atomic mass is 14.9. The average molecular weight is 265 g/mol. The van der Waals surface area contributed by atoms with Crippen molar-refractivity contribution in [3.05, 3.63) is 0 Å². The van der Waals surface area contributed by atoms with Gasteiger partial charge in [-0.05, 0) is 50.0 Å². The molecule has 1 N–H and O–H groups in total. The molecule has 112 valence electrons. The molecule has 2 rings (SSSR count). The molecule has 0 aliphatic heterocycles. The van der Waals surface area contributed by atoms with Gasteiger partial charge in [-0.2, -0.15) is 0 Å². The smallest absolute Gasteiger partial charge is 0.00954 e. The first-order valence-corrected chi connectivity index (χ1v) is 9.03. The zero-order valence-corrected chi connectivity index (χ0v) is 13.3. The molecule has 0 amide bonds. The summed E-state index contributed by atoms with van der Waals surface area (Å²) in [6.07, 6.45) is 16.3. The van der Waals surface area contributed by atoms with Crippen molar-refractivity contribution in [2.75, 3.05) is 6.54 Å². The largest absolute Gasteiger partial charge is 0.314 e. The van der Waals surface area contributed by atoms with Gasteiger partial charge in [0.1, 0.15) is 0 Å². The second kappa shape index (κ2) is 8.29. The Hall–Kier alpha value is -0.0400. The second-order valence-electron chi connectivity index (χ2n) is 7.28. The van der Waals surface area contributed by atoms with Crippen LogP contribution < -0.4 is 5.32 Å². The van der Waals surface area contributed by atoms with Crippen molar-refractivity contribution in [3.8, 4) is 0 Å². The minimum atomic E-state index is 0.815. The van der Waals surface area contributed by atoms with Crippen molar-refractivity contribution < 1.29 is 0 Å². The summed E-state index contributed by atoms with van der Waals surface area (Å²) in [4.78, 5) is 0. The third kappa shape index (κ3) is 5.10. The molecular weight excluding hydrogens is 230 g/mol. The Morgan fingerprint density at radius 2 is 1.79 bits per heavy atom. The summed E-state index contributed by atoms with van der Waals surface area (Å²) >= 11 is 0. The lowest BCUT2D eigenvalue weighted by atomic mass is 9.76. The molecule has 2 aliphatic rings. The lowest BCUT2D eigenvalue weighted by molar-refractivity contribution is 0.203. The Balaban J connectivity index is 1.77. The highest BCUT2D eigenvalue weighted by Gasteiger charge is 2.26. The Bertz CT molecular complexity index is 232. The van der Waals surface area contributed by atoms with Crippen LogP contribution in [0.5, 0.6) is 0 Å². The van der Waals surface area contributed by atoms with Crippen molar-refractivity contribution in [1.29, 1.82) is 0 Å². The molecule has 3 atom stereocenters. The van der Waals surface area contributed by atoms with Crippen molar-refractivity contribution in [2.45, 2.75) is 90.5 Å². The van der Waals surface area contributed by atoms with Gasteiger partial charge in [-0.25, -0.2) is 0 Å². The van der Waals surface area contributed by atoms with Gasteiger partial charge in [0.15, 0.2) is 0 Å². The molecule has 0 aromatic heterocycles. The van der Waals surface area contributed by atoms with Crippen LogP contribution in [0.3, 0.4) is 0 Å². The van der Waals surface area contributed by atoms with E-state index >= 15 is 0 Å². The molecule has 0 radical (unpaired) electrons. The summed E-state index contributed by atoms with van der Waals surface area (Å²) in [7, 11) is 0. The van der Waals surface area contributed by atoms with Gasteiger partial charge in [-0.15, -0.1) is 0 Å². The summed E-state index contributed by atoms with van der Waals surface area (Å²) in [6, 6.07) is 0.815. The first kappa shape index (κ1) is 15.4. The predicted octanol–water partition coefficient (Wildman–Crippen LogP) is 5.15. The molecule has 3 unspecified atom stereocenters. The van der Waals surface area contributed by atoms with Gasteiger partial charge in [-0.1, -0.05) is 58.8 Å². The first-order valence-electron chi connectivity index (χ1n) is 9.03.